The summed E-state index contributed by atoms with van der Waals surface area (Å²) in [5.74, 6) is -0.790. The number of halogens is 4. The number of benzene rings is 2. The van der Waals surface area contributed by atoms with Crippen molar-refractivity contribution in [1.82, 2.24) is 4.98 Å². The van der Waals surface area contributed by atoms with Crippen molar-refractivity contribution in [2.45, 2.75) is 101 Å². The lowest BCUT2D eigenvalue weighted by atomic mass is 9.85. The lowest BCUT2D eigenvalue weighted by molar-refractivity contribution is -0.137. The first-order valence-electron chi connectivity index (χ1n) is 15.6. The third-order valence-corrected chi connectivity index (χ3v) is 16.6. The molecule has 0 bridgehead atoms. The van der Waals surface area contributed by atoms with E-state index in [2.05, 4.69) is 43.2 Å². The Morgan fingerprint density at radius 3 is 2.13 bits per heavy atom. The van der Waals surface area contributed by atoms with Crippen molar-refractivity contribution in [2.75, 3.05) is 6.61 Å². The van der Waals surface area contributed by atoms with Gasteiger partial charge in [-0.25, -0.2) is 12.8 Å². The maximum absolute atomic E-state index is 15.0. The molecule has 47 heavy (non-hydrogen) atoms. The number of hydrogen-bond acceptors (Lipinski definition) is 5. The van der Waals surface area contributed by atoms with Crippen LogP contribution in [0.15, 0.2) is 71.3 Å². The van der Waals surface area contributed by atoms with Crippen molar-refractivity contribution in [2.24, 2.45) is 4.40 Å². The van der Waals surface area contributed by atoms with Crippen LogP contribution in [-0.2, 0) is 31.8 Å². The molecule has 2 atom stereocenters. The van der Waals surface area contributed by atoms with Gasteiger partial charge in [0, 0.05) is 24.8 Å². The van der Waals surface area contributed by atoms with E-state index < -0.39 is 46.3 Å². The molecule has 1 aliphatic rings. The molecular weight excluding hydrogens is 649 g/mol. The van der Waals surface area contributed by atoms with Crippen LogP contribution in [0.4, 0.5) is 17.6 Å². The Labute approximate surface area is 276 Å². The molecule has 0 spiro atoms. The Hall–Kier alpha value is -3.09. The summed E-state index contributed by atoms with van der Waals surface area (Å²) in [4.78, 5) is 3.94. The van der Waals surface area contributed by atoms with Crippen LogP contribution in [0.25, 0.3) is 11.3 Å². The minimum absolute atomic E-state index is 0.000953. The Kier molecular flexibility index (Phi) is 10.2. The maximum atomic E-state index is 15.0. The van der Waals surface area contributed by atoms with Gasteiger partial charge < -0.3 is 9.16 Å². The Bertz CT molecular complexity index is 1700. The van der Waals surface area contributed by atoms with Crippen LogP contribution in [0.1, 0.15) is 77.0 Å². The van der Waals surface area contributed by atoms with Crippen molar-refractivity contribution < 1.29 is 35.1 Å². The van der Waals surface area contributed by atoms with Gasteiger partial charge in [-0.1, -0.05) is 63.2 Å². The fourth-order valence-electron chi connectivity index (χ4n) is 5.32. The molecule has 1 unspecified atom stereocenters. The number of ether oxygens (including phenoxy) is 1. The second kappa shape index (κ2) is 13.1. The van der Waals surface area contributed by atoms with Gasteiger partial charge in [0.25, 0.3) is 10.0 Å². The number of rotatable bonds is 10. The summed E-state index contributed by atoms with van der Waals surface area (Å²) in [5.41, 5.74) is 0.0198. The molecule has 3 aromatic rings. The SMILES string of the molecule is CC1(C)OC(C[C@@H](CCO[Si](C)(C)C(C)(C)C)c2ccccc2F)=NS(=O)(=O)C1(C)Cc1ccc(-c2ccc(C(F)(F)F)cn2)cc1. The first-order chi connectivity index (χ1) is 21.6. The van der Waals surface area contributed by atoms with Gasteiger partial charge in [-0.3, -0.25) is 4.98 Å². The maximum Gasteiger partial charge on any atom is 0.417 e. The van der Waals surface area contributed by atoms with Crippen molar-refractivity contribution in [3.63, 3.8) is 0 Å². The molecule has 0 amide bonds. The highest BCUT2D eigenvalue weighted by Gasteiger charge is 2.57. The summed E-state index contributed by atoms with van der Waals surface area (Å²) >= 11 is 0. The van der Waals surface area contributed by atoms with E-state index in [1.165, 1.54) is 12.1 Å². The van der Waals surface area contributed by atoms with Gasteiger partial charge in [0.1, 0.15) is 16.2 Å². The van der Waals surface area contributed by atoms with E-state index in [4.69, 9.17) is 9.16 Å². The fraction of sp³-hybridized carbons (Fsp3) is 0.486. The molecule has 256 valence electrons. The molecule has 0 saturated carbocycles. The Morgan fingerprint density at radius 1 is 0.957 bits per heavy atom. The molecule has 6 nitrogen and oxygen atoms in total. The van der Waals surface area contributed by atoms with E-state index in [1.54, 1.807) is 63.2 Å². The van der Waals surface area contributed by atoms with Crippen LogP contribution in [0.2, 0.25) is 18.1 Å². The van der Waals surface area contributed by atoms with Crippen LogP contribution in [0, 0.1) is 5.82 Å². The molecule has 4 rings (SSSR count). The lowest BCUT2D eigenvalue weighted by Gasteiger charge is -2.45. The largest absolute Gasteiger partial charge is 0.472 e. The molecule has 12 heteroatoms. The van der Waals surface area contributed by atoms with Gasteiger partial charge in [-0.15, -0.1) is 4.40 Å². The van der Waals surface area contributed by atoms with Crippen LogP contribution in [0.5, 0.6) is 0 Å². The minimum atomic E-state index is -4.48. The number of hydrogen-bond donors (Lipinski definition) is 0. The highest BCUT2D eigenvalue weighted by Crippen LogP contribution is 2.43. The van der Waals surface area contributed by atoms with Gasteiger partial charge >= 0.3 is 6.18 Å². The molecular formula is C35H44F4N2O4SSi. The van der Waals surface area contributed by atoms with E-state index in [0.717, 1.165) is 12.3 Å². The van der Waals surface area contributed by atoms with Gasteiger partial charge in [-0.05, 0) is 87.0 Å². The average Bonchev–Trinajstić information content (AvgIpc) is 2.95. The van der Waals surface area contributed by atoms with Crippen LogP contribution >= 0.6 is 0 Å². The Morgan fingerprint density at radius 2 is 1.60 bits per heavy atom. The third-order valence-electron chi connectivity index (χ3n) is 9.82. The zero-order valence-electron chi connectivity index (χ0n) is 28.2. The summed E-state index contributed by atoms with van der Waals surface area (Å²) < 4.78 is 97.1. The van der Waals surface area contributed by atoms with Crippen LogP contribution in [0.3, 0.4) is 0 Å². The molecule has 0 saturated heterocycles. The molecule has 0 fully saturated rings. The summed E-state index contributed by atoms with van der Waals surface area (Å²) in [6.45, 7) is 16.1. The summed E-state index contributed by atoms with van der Waals surface area (Å²) in [5, 5.41) is -0.000953. The second-order valence-corrected chi connectivity index (χ2v) is 21.3. The topological polar surface area (TPSA) is 77.9 Å². The zero-order chi connectivity index (χ0) is 35.1. The Balaban J connectivity index is 1.56. The standard InChI is InChI=1S/C35H44F4N2O4SSi/c1-32(2,3)47(7,8)44-20-19-26(28-11-9-10-12-29(28)36)21-31-41-46(42,43)34(6,33(4,5)45-31)22-24-13-15-25(16-14-24)30-18-17-27(23-40-30)35(37,38)39/h9-18,23,26H,19-22H2,1-8H3/t26-,34?/m1/s1. The third kappa shape index (κ3) is 7.97. The average molecular weight is 693 g/mol. The second-order valence-electron chi connectivity index (χ2n) is 14.4. The van der Waals surface area contributed by atoms with E-state index in [-0.39, 0.29) is 29.6 Å². The molecule has 0 aliphatic carbocycles. The monoisotopic (exact) mass is 692 g/mol. The summed E-state index contributed by atoms with van der Waals surface area (Å²) in [6.07, 6.45) is -3.10. The quantitative estimate of drug-likeness (QED) is 0.156. The van der Waals surface area contributed by atoms with Gasteiger partial charge in [0.2, 0.25) is 5.90 Å². The van der Waals surface area contributed by atoms with Crippen molar-refractivity contribution in [3.8, 4) is 11.3 Å². The highest BCUT2D eigenvalue weighted by atomic mass is 32.2. The molecule has 1 aliphatic heterocycles. The predicted octanol–water partition coefficient (Wildman–Crippen LogP) is 9.33. The summed E-state index contributed by atoms with van der Waals surface area (Å²) in [6, 6.07) is 15.5. The van der Waals surface area contributed by atoms with Gasteiger partial charge in [-0.2, -0.15) is 13.2 Å². The van der Waals surface area contributed by atoms with Crippen molar-refractivity contribution >= 4 is 24.2 Å². The van der Waals surface area contributed by atoms with E-state index >= 15 is 4.39 Å². The first-order valence-corrected chi connectivity index (χ1v) is 19.9. The van der Waals surface area contributed by atoms with Crippen molar-refractivity contribution in [1.29, 1.82) is 0 Å². The zero-order valence-corrected chi connectivity index (χ0v) is 30.0. The number of alkyl halides is 3. The summed E-state index contributed by atoms with van der Waals surface area (Å²) in [7, 11) is -6.20. The molecule has 0 N–H and O–H groups in total. The molecule has 2 aromatic carbocycles. The predicted molar refractivity (Wildman–Crippen MR) is 180 cm³/mol. The number of sulfonamides is 1. The first kappa shape index (κ1) is 36.7. The number of aromatic nitrogens is 1. The van der Waals surface area contributed by atoms with E-state index in [0.29, 0.717) is 35.4 Å². The molecule has 1 aromatic heterocycles. The van der Waals surface area contributed by atoms with Crippen LogP contribution in [-0.4, -0.2) is 44.6 Å². The van der Waals surface area contributed by atoms with Gasteiger partial charge in [0.05, 0.1) is 11.3 Å². The van der Waals surface area contributed by atoms with E-state index in [9.17, 15) is 21.6 Å². The van der Waals surface area contributed by atoms with Gasteiger partial charge in [0.15, 0.2) is 8.32 Å². The number of nitrogens with zero attached hydrogens (tertiary/aromatic N) is 2. The smallest absolute Gasteiger partial charge is 0.417 e. The normalized spacial score (nSPS) is 20.3. The lowest BCUT2D eigenvalue weighted by Crippen LogP contribution is -2.59. The molecule has 0 radical (unpaired) electrons. The fourth-order valence-corrected chi connectivity index (χ4v) is 7.98. The van der Waals surface area contributed by atoms with Crippen molar-refractivity contribution in [3.05, 3.63) is 89.4 Å². The minimum Gasteiger partial charge on any atom is -0.472 e. The number of pyridine rings is 1. The molecule has 2 heterocycles. The van der Waals surface area contributed by atoms with E-state index in [1.807, 2.05) is 0 Å². The highest BCUT2D eigenvalue weighted by molar-refractivity contribution is 7.91. The van der Waals surface area contributed by atoms with Crippen LogP contribution < -0.4 is 0 Å².